The maximum absolute atomic E-state index is 12.3. The van der Waals surface area contributed by atoms with Crippen molar-refractivity contribution in [1.82, 2.24) is 24.8 Å². The zero-order valence-corrected chi connectivity index (χ0v) is 16.1. The minimum absolute atomic E-state index is 0.166. The van der Waals surface area contributed by atoms with Crippen molar-refractivity contribution in [3.8, 4) is 17.1 Å². The number of aromatic nitrogens is 5. The fraction of sp³-hybridized carbons (Fsp3) is 0.158. The van der Waals surface area contributed by atoms with Crippen molar-refractivity contribution in [2.45, 2.75) is 17.3 Å². The van der Waals surface area contributed by atoms with E-state index in [0.717, 1.165) is 11.3 Å². The van der Waals surface area contributed by atoms with Crippen molar-refractivity contribution in [3.63, 3.8) is 0 Å². The molecular weight excluding hydrogens is 376 g/mol. The van der Waals surface area contributed by atoms with E-state index in [9.17, 15) is 4.79 Å². The van der Waals surface area contributed by atoms with Gasteiger partial charge in [0.15, 0.2) is 5.82 Å². The van der Waals surface area contributed by atoms with Crippen LogP contribution in [0.2, 0.25) is 0 Å². The lowest BCUT2D eigenvalue weighted by atomic mass is 10.2. The molecule has 2 aromatic carbocycles. The number of thioether (sulfide) groups is 1. The fourth-order valence-electron chi connectivity index (χ4n) is 2.81. The summed E-state index contributed by atoms with van der Waals surface area (Å²) in [6, 6.07) is 14.6. The van der Waals surface area contributed by atoms with Crippen LogP contribution in [0.3, 0.4) is 0 Å². The first-order valence-electron chi connectivity index (χ1n) is 8.57. The van der Waals surface area contributed by atoms with Crippen molar-refractivity contribution in [2.75, 3.05) is 13.0 Å². The number of rotatable bonds is 5. The highest BCUT2D eigenvalue weighted by molar-refractivity contribution is 7.99. The van der Waals surface area contributed by atoms with Gasteiger partial charge in [-0.15, -0.1) is 10.2 Å². The Kier molecular flexibility index (Phi) is 4.74. The quantitative estimate of drug-likeness (QED) is 0.395. The molecule has 9 heteroatoms. The van der Waals surface area contributed by atoms with Crippen molar-refractivity contribution >= 4 is 22.7 Å². The molecule has 4 aromatic rings. The highest BCUT2D eigenvalue weighted by atomic mass is 32.2. The summed E-state index contributed by atoms with van der Waals surface area (Å²) in [5.74, 6) is 8.05. The summed E-state index contributed by atoms with van der Waals surface area (Å²) in [6.07, 6.45) is 0. The highest BCUT2D eigenvalue weighted by Gasteiger charge is 2.18. The third-order valence-corrected chi connectivity index (χ3v) is 5.38. The molecule has 0 bridgehead atoms. The third-order valence-electron chi connectivity index (χ3n) is 4.31. The lowest BCUT2D eigenvalue weighted by Gasteiger charge is -2.11. The zero-order valence-electron chi connectivity index (χ0n) is 15.3. The first kappa shape index (κ1) is 18.1. The normalized spacial score (nSPS) is 12.2. The Balaban J connectivity index is 1.61. The second-order valence-electron chi connectivity index (χ2n) is 6.13. The molecule has 142 valence electrons. The standard InChI is InChI=1S/C19H18N6O2S/c1-11(16-21-15-6-4-3-5-14(15)18(26)22-16)28-19-24-23-17(25(19)20)12-7-9-13(27-2)10-8-12/h3-11H,20H2,1-2H3,(H,21,22,26)/t11-/m1/s1. The maximum atomic E-state index is 12.3. The number of hydrogen-bond acceptors (Lipinski definition) is 7. The van der Waals surface area contributed by atoms with Crippen LogP contribution in [0.4, 0.5) is 0 Å². The molecule has 0 radical (unpaired) electrons. The van der Waals surface area contributed by atoms with Crippen LogP contribution in [0.25, 0.3) is 22.3 Å². The second-order valence-corrected chi connectivity index (χ2v) is 7.44. The molecule has 1 atom stereocenters. The Morgan fingerprint density at radius 2 is 1.89 bits per heavy atom. The van der Waals surface area contributed by atoms with Gasteiger partial charge in [-0.25, -0.2) is 9.66 Å². The summed E-state index contributed by atoms with van der Waals surface area (Å²) in [4.78, 5) is 19.7. The molecular formula is C19H18N6O2S. The number of nitrogens with one attached hydrogen (secondary N) is 1. The van der Waals surface area contributed by atoms with Crippen LogP contribution in [-0.2, 0) is 0 Å². The molecule has 0 spiro atoms. The average molecular weight is 394 g/mol. The van der Waals surface area contributed by atoms with E-state index in [1.165, 1.54) is 16.4 Å². The molecule has 0 unspecified atom stereocenters. The number of nitrogens with zero attached hydrogens (tertiary/aromatic N) is 4. The van der Waals surface area contributed by atoms with E-state index in [4.69, 9.17) is 10.6 Å². The van der Waals surface area contributed by atoms with Crippen molar-refractivity contribution in [2.24, 2.45) is 0 Å². The van der Waals surface area contributed by atoms with E-state index in [1.807, 2.05) is 49.4 Å². The van der Waals surface area contributed by atoms with E-state index in [-0.39, 0.29) is 10.8 Å². The molecule has 0 saturated carbocycles. The first-order valence-corrected chi connectivity index (χ1v) is 9.45. The van der Waals surface area contributed by atoms with E-state index in [1.54, 1.807) is 13.2 Å². The zero-order chi connectivity index (χ0) is 19.7. The minimum Gasteiger partial charge on any atom is -0.497 e. The number of fused-ring (bicyclic) bond motifs is 1. The predicted octanol–water partition coefficient (Wildman–Crippen LogP) is 2.76. The van der Waals surface area contributed by atoms with Crippen LogP contribution < -0.4 is 16.1 Å². The summed E-state index contributed by atoms with van der Waals surface area (Å²) in [5.41, 5.74) is 1.32. The van der Waals surface area contributed by atoms with E-state index >= 15 is 0 Å². The molecule has 2 aromatic heterocycles. The van der Waals surface area contributed by atoms with Gasteiger partial charge in [0, 0.05) is 5.56 Å². The Bertz CT molecular complexity index is 1190. The molecule has 0 amide bonds. The van der Waals surface area contributed by atoms with Gasteiger partial charge in [-0.05, 0) is 43.3 Å². The molecule has 28 heavy (non-hydrogen) atoms. The summed E-state index contributed by atoms with van der Waals surface area (Å²) in [6.45, 7) is 1.93. The summed E-state index contributed by atoms with van der Waals surface area (Å²) in [7, 11) is 1.61. The van der Waals surface area contributed by atoms with Gasteiger partial charge in [-0.3, -0.25) is 4.79 Å². The lowest BCUT2D eigenvalue weighted by molar-refractivity contribution is 0.415. The number of nitrogens with two attached hydrogens (primary N) is 1. The van der Waals surface area contributed by atoms with Crippen molar-refractivity contribution in [3.05, 3.63) is 64.7 Å². The predicted molar refractivity (Wildman–Crippen MR) is 109 cm³/mol. The van der Waals surface area contributed by atoms with Gasteiger partial charge >= 0.3 is 0 Å². The molecule has 8 nitrogen and oxygen atoms in total. The Morgan fingerprint density at radius 1 is 1.14 bits per heavy atom. The van der Waals surface area contributed by atoms with E-state index in [0.29, 0.717) is 27.7 Å². The van der Waals surface area contributed by atoms with Gasteiger partial charge in [0.2, 0.25) is 5.16 Å². The fourth-order valence-corrected chi connectivity index (χ4v) is 3.63. The molecule has 0 saturated heterocycles. The lowest BCUT2D eigenvalue weighted by Crippen LogP contribution is -2.14. The Labute approximate surface area is 164 Å². The van der Waals surface area contributed by atoms with Gasteiger partial charge in [0.1, 0.15) is 11.6 Å². The van der Waals surface area contributed by atoms with Crippen LogP contribution in [0.5, 0.6) is 5.75 Å². The van der Waals surface area contributed by atoms with Gasteiger partial charge in [0.25, 0.3) is 5.56 Å². The van der Waals surface area contributed by atoms with Crippen molar-refractivity contribution < 1.29 is 4.74 Å². The van der Waals surface area contributed by atoms with Crippen LogP contribution >= 0.6 is 11.8 Å². The third kappa shape index (κ3) is 3.31. The van der Waals surface area contributed by atoms with Gasteiger partial charge in [-0.2, -0.15) is 0 Å². The van der Waals surface area contributed by atoms with Crippen LogP contribution in [0.15, 0.2) is 58.5 Å². The average Bonchev–Trinajstić information content (AvgIpc) is 3.08. The SMILES string of the molecule is COc1ccc(-c2nnc(S[C@H](C)c3nc4ccccc4c(=O)[nH]3)n2N)cc1. The Hall–Kier alpha value is -3.33. The van der Waals surface area contributed by atoms with E-state index in [2.05, 4.69) is 20.2 Å². The largest absolute Gasteiger partial charge is 0.497 e. The first-order chi connectivity index (χ1) is 13.6. The monoisotopic (exact) mass is 394 g/mol. The van der Waals surface area contributed by atoms with E-state index < -0.39 is 0 Å². The van der Waals surface area contributed by atoms with Gasteiger partial charge in [-0.1, -0.05) is 23.9 Å². The molecule has 0 aliphatic rings. The highest BCUT2D eigenvalue weighted by Crippen LogP contribution is 2.33. The van der Waals surface area contributed by atoms with Crippen LogP contribution in [0.1, 0.15) is 18.0 Å². The van der Waals surface area contributed by atoms with Crippen LogP contribution in [-0.4, -0.2) is 32.0 Å². The minimum atomic E-state index is -0.174. The number of para-hydroxylation sites is 1. The molecule has 4 rings (SSSR count). The Morgan fingerprint density at radius 3 is 2.64 bits per heavy atom. The molecule has 2 heterocycles. The topological polar surface area (TPSA) is 112 Å². The molecule has 0 fully saturated rings. The smallest absolute Gasteiger partial charge is 0.258 e. The molecule has 0 aliphatic carbocycles. The number of aromatic amines is 1. The number of benzene rings is 2. The maximum Gasteiger partial charge on any atom is 0.258 e. The molecule has 3 N–H and O–H groups in total. The summed E-state index contributed by atoms with van der Waals surface area (Å²) >= 11 is 1.37. The second kappa shape index (κ2) is 7.35. The van der Waals surface area contributed by atoms with Crippen LogP contribution in [0, 0.1) is 0 Å². The number of ether oxygens (including phenoxy) is 1. The molecule has 0 aliphatic heterocycles. The van der Waals surface area contributed by atoms with Crippen molar-refractivity contribution in [1.29, 1.82) is 0 Å². The number of H-pyrrole nitrogens is 1. The summed E-state index contributed by atoms with van der Waals surface area (Å²) < 4.78 is 6.60. The van der Waals surface area contributed by atoms with Gasteiger partial charge < -0.3 is 15.6 Å². The summed E-state index contributed by atoms with van der Waals surface area (Å²) in [5, 5.41) is 9.29. The number of nitrogen functional groups attached to an aromatic ring is 1. The van der Waals surface area contributed by atoms with Gasteiger partial charge in [0.05, 0.1) is 23.3 Å². The number of hydrogen-bond donors (Lipinski definition) is 2. The number of methoxy groups -OCH3 is 1.